The molecule has 1 unspecified atom stereocenters. The minimum Gasteiger partial charge on any atom is -0.467 e. The summed E-state index contributed by atoms with van der Waals surface area (Å²) in [4.78, 5) is 67.4. The first-order valence-electron chi connectivity index (χ1n) is 34.9. The van der Waals surface area contributed by atoms with Crippen LogP contribution in [0.25, 0.3) is 92.8 Å². The van der Waals surface area contributed by atoms with Crippen LogP contribution in [0.2, 0.25) is 0 Å². The Hall–Kier alpha value is -10.4. The molecule has 0 radical (unpaired) electrons. The van der Waals surface area contributed by atoms with Gasteiger partial charge in [-0.15, -0.1) is 0 Å². The summed E-state index contributed by atoms with van der Waals surface area (Å²) < 4.78 is 32.0. The maximum absolute atomic E-state index is 13.7. The predicted octanol–water partition coefficient (Wildman–Crippen LogP) is 14.4. The Bertz CT molecular complexity index is 6010. The van der Waals surface area contributed by atoms with E-state index >= 15 is 0 Å². The largest absolute Gasteiger partial charge is 0.467 e. The number of esters is 2. The average molecular weight is 1470 g/mol. The fourth-order valence-electron chi connectivity index (χ4n) is 17.3. The number of allylic oxidation sites excluding steroid dienone is 1. The molecule has 6 atom stereocenters. The molecule has 7 aliphatic heterocycles. The summed E-state index contributed by atoms with van der Waals surface area (Å²) in [6, 6.07) is 44.6. The number of aliphatic hydroxyl groups is 2. The molecule has 7 aliphatic rings. The minimum atomic E-state index is -1.95. The smallest absolute Gasteiger partial charge is 0.343 e. The van der Waals surface area contributed by atoms with Crippen LogP contribution in [0.3, 0.4) is 0 Å². The van der Waals surface area contributed by atoms with Crippen molar-refractivity contribution in [3.8, 4) is 6.07 Å². The molecule has 22 nitrogen and oxygen atoms in total. The van der Waals surface area contributed by atoms with E-state index in [9.17, 15) is 34.7 Å². The molecule has 0 spiro atoms. The number of nitrogens with one attached hydrogen (secondary N) is 4. The number of hydrogen-bond donors (Lipinski definition) is 6. The van der Waals surface area contributed by atoms with Gasteiger partial charge < -0.3 is 68.7 Å². The summed E-state index contributed by atoms with van der Waals surface area (Å²) in [5.41, 5.74) is 9.09. The zero-order valence-corrected chi connectivity index (χ0v) is 60.5. The lowest BCUT2D eigenvalue weighted by Gasteiger charge is -2.37. The number of nitrogens with zero attached hydrogens (tertiary/aromatic N) is 8. The Morgan fingerprint density at radius 3 is 1.76 bits per heavy atom. The van der Waals surface area contributed by atoms with E-state index in [0.717, 1.165) is 149 Å². The predicted molar refractivity (Wildman–Crippen MR) is 415 cm³/mol. The third kappa shape index (κ3) is 9.76. The Kier molecular flexibility index (Phi) is 16.6. The maximum atomic E-state index is 13.7. The van der Waals surface area contributed by atoms with Gasteiger partial charge in [0.1, 0.15) is 24.1 Å². The molecule has 6 aromatic heterocycles. The number of aromatic nitrogens is 7. The second-order valence-electron chi connectivity index (χ2n) is 27.5. The number of benzene rings is 7. The molecular weight excluding hydrogens is 1400 g/mol. The second kappa shape index (κ2) is 25.7. The number of pyridine rings is 1. The molecule has 6 N–H and O–H groups in total. The number of fused-ring (bicyclic) bond motifs is 27. The standard InChI is InChI=1S/C33H33N3O5S2.C27H21N3O5.C20H16N6S.CH4/c1-5-42-15-17-7-9-22-19(11-17)26-27-21(14-34-30(27)37)25-20-12-18(16-43-6-2)8-10-23(20)36-29(25)28(26)35(22)24-13-33(39,31(38)40-4)32(36,3)41-24;1-26-27(33,25(32)34-2)11-18(35-26)29-16-9-5-3-7-13(16)20-21-15(12-28-24(21)31)19-14-8-4-6-10-17(14)30(26)23(19)22(20)29;21-12-15(19-25-17-5-1-2-6-18(17)27-19)16-8-11-24-20(26-16)23-10-7-14-4-3-9-22-13-14;/h7-12,24,39H,5-6,13-16H2,1-4H3,(H,34,37);3-10,18,33H,11-12H2,1-2H3,(H,28,31);1-6,8-9,11,13,25H,7,10H2,(H,23,24,26);1H4/b;;19-15+;/t24?,32-,33-;18-,26+,27+;;/m00../s1. The molecule has 7 aromatic carbocycles. The van der Waals surface area contributed by atoms with Gasteiger partial charge in [-0.25, -0.2) is 19.6 Å². The van der Waals surface area contributed by atoms with Gasteiger partial charge in [0.2, 0.25) is 17.2 Å². The minimum absolute atomic E-state index is 0. The van der Waals surface area contributed by atoms with Crippen molar-refractivity contribution in [2.45, 2.75) is 119 Å². The lowest BCUT2D eigenvalue weighted by Crippen LogP contribution is -2.56. The first-order valence-corrected chi connectivity index (χ1v) is 38.1. The third-order valence-corrected chi connectivity index (χ3v) is 25.0. The number of nitriles is 1. The highest BCUT2D eigenvalue weighted by Crippen LogP contribution is 2.61. The molecule has 2 fully saturated rings. The van der Waals surface area contributed by atoms with Gasteiger partial charge in [-0.2, -0.15) is 28.8 Å². The number of para-hydroxylation sites is 3. The third-order valence-electron chi connectivity index (χ3n) is 22.0. The molecule has 2 amide bonds. The Labute approximate surface area is 620 Å². The highest BCUT2D eigenvalue weighted by Gasteiger charge is 2.67. The SMILES string of the molecule is C.CCSCc1ccc2c(c1)c1c3c(c4c5cc(CSCC)ccc5n5c4c1n2C1C[C@](O)(C(=O)OC)[C@]5(C)O1)CNC3=O.COC(=O)[C@]1(O)C[C@@H]2O[C@@]1(C)n1c3ccccc3c3c4c(c5c6ccccc6n2c5c31)C(=O)NC4.N#C/C(=C1/Nc2ccccc2S1)c1ccnc(NCCc2cccnc2)n1. The first-order chi connectivity index (χ1) is 51.0. The molecule has 25 heteroatoms. The van der Waals surface area contributed by atoms with Crippen LogP contribution >= 0.6 is 35.3 Å². The lowest BCUT2D eigenvalue weighted by molar-refractivity contribution is -0.203. The molecule has 536 valence electrons. The number of thioether (sulfide) groups is 3. The van der Waals surface area contributed by atoms with Gasteiger partial charge in [-0.05, 0) is 120 Å². The van der Waals surface area contributed by atoms with Gasteiger partial charge in [0.15, 0.2) is 11.4 Å². The summed E-state index contributed by atoms with van der Waals surface area (Å²) >= 11 is 5.25. The quantitative estimate of drug-likeness (QED) is 0.0462. The zero-order chi connectivity index (χ0) is 72.2. The van der Waals surface area contributed by atoms with Gasteiger partial charge >= 0.3 is 11.9 Å². The van der Waals surface area contributed by atoms with E-state index in [1.165, 1.54) is 25.3 Å². The molecule has 13 heterocycles. The highest BCUT2D eigenvalue weighted by molar-refractivity contribution is 8.04. The summed E-state index contributed by atoms with van der Waals surface area (Å²) in [6.07, 6.45) is 4.81. The van der Waals surface area contributed by atoms with E-state index in [-0.39, 0.29) is 32.1 Å². The van der Waals surface area contributed by atoms with Crippen molar-refractivity contribution in [1.29, 1.82) is 5.26 Å². The Morgan fingerprint density at radius 2 is 1.19 bits per heavy atom. The van der Waals surface area contributed by atoms with Crippen LogP contribution in [0.15, 0.2) is 156 Å². The molecule has 0 aliphatic carbocycles. The number of anilines is 2. The Balaban J connectivity index is 0.000000120. The monoisotopic (exact) mass is 1470 g/mol. The molecule has 13 aromatic rings. The summed E-state index contributed by atoms with van der Waals surface area (Å²) in [6.45, 7) is 9.36. The summed E-state index contributed by atoms with van der Waals surface area (Å²) in [5.74, 6) is 2.63. The summed E-state index contributed by atoms with van der Waals surface area (Å²) in [7, 11) is 2.59. The fraction of sp³-hybridized carbons (Fsp3) is 0.284. The topological polar surface area (TPSA) is 276 Å². The van der Waals surface area contributed by atoms with Gasteiger partial charge in [0, 0.05) is 111 Å². The van der Waals surface area contributed by atoms with E-state index in [1.54, 1.807) is 44.1 Å². The van der Waals surface area contributed by atoms with Gasteiger partial charge in [-0.1, -0.05) is 99.8 Å². The normalized spacial score (nSPS) is 22.1. The molecule has 0 saturated carbocycles. The van der Waals surface area contributed by atoms with Crippen molar-refractivity contribution in [2.75, 3.05) is 42.9 Å². The van der Waals surface area contributed by atoms with E-state index in [4.69, 9.17) is 18.9 Å². The van der Waals surface area contributed by atoms with Gasteiger partial charge in [0.25, 0.3) is 11.8 Å². The van der Waals surface area contributed by atoms with Crippen LogP contribution in [-0.4, -0.2) is 111 Å². The van der Waals surface area contributed by atoms with Crippen LogP contribution in [0, 0.1) is 11.3 Å². The van der Waals surface area contributed by atoms with E-state index in [1.807, 2.05) is 124 Å². The van der Waals surface area contributed by atoms with Crippen LogP contribution in [0.1, 0.15) is 115 Å². The van der Waals surface area contributed by atoms with Crippen molar-refractivity contribution >= 4 is 163 Å². The number of hydrogen-bond acceptors (Lipinski definition) is 19. The van der Waals surface area contributed by atoms with Crippen LogP contribution in [-0.2, 0) is 71.0 Å². The average Bonchev–Trinajstić information content (AvgIpc) is 1.50. The van der Waals surface area contributed by atoms with Crippen molar-refractivity contribution in [3.63, 3.8) is 0 Å². The van der Waals surface area contributed by atoms with Crippen LogP contribution < -0.4 is 21.3 Å². The molecule has 2 saturated heterocycles. The molecular formula is C81H74N12O10S3. The molecule has 4 bridgehead atoms. The number of carbonyl (C=O) groups is 4. The number of ether oxygens (including phenoxy) is 4. The van der Waals surface area contributed by atoms with Crippen molar-refractivity contribution in [3.05, 3.63) is 196 Å². The van der Waals surface area contributed by atoms with Crippen LogP contribution in [0.4, 0.5) is 11.6 Å². The second-order valence-corrected chi connectivity index (χ2v) is 31.1. The van der Waals surface area contributed by atoms with E-state index < -0.39 is 47.0 Å². The van der Waals surface area contributed by atoms with E-state index in [2.05, 4.69) is 102 Å². The van der Waals surface area contributed by atoms with Crippen molar-refractivity contribution in [2.24, 2.45) is 0 Å². The lowest BCUT2D eigenvalue weighted by atomic mass is 9.88. The van der Waals surface area contributed by atoms with Gasteiger partial charge in [0.05, 0.1) is 85.9 Å². The van der Waals surface area contributed by atoms with Gasteiger partial charge in [-0.3, -0.25) is 14.6 Å². The molecule has 20 rings (SSSR count). The van der Waals surface area contributed by atoms with Crippen molar-refractivity contribution < 1.29 is 48.3 Å². The maximum Gasteiger partial charge on any atom is 0.343 e. The number of amides is 2. The van der Waals surface area contributed by atoms with E-state index in [0.29, 0.717) is 48.0 Å². The first kappa shape index (κ1) is 68.7. The zero-order valence-electron chi connectivity index (χ0n) is 58.0. The number of carbonyl (C=O) groups excluding carboxylic acids is 4. The highest BCUT2D eigenvalue weighted by atomic mass is 32.2. The Morgan fingerprint density at radius 1 is 0.660 bits per heavy atom. The van der Waals surface area contributed by atoms with Crippen molar-refractivity contribution in [1.82, 2.24) is 43.9 Å². The number of methoxy groups -OCH3 is 2. The fourth-order valence-corrected chi connectivity index (χ4v) is 19.5. The number of rotatable bonds is 13. The van der Waals surface area contributed by atoms with Crippen LogP contribution in [0.5, 0.6) is 0 Å². The summed E-state index contributed by atoms with van der Waals surface area (Å²) in [5, 5.41) is 54.9. The molecule has 106 heavy (non-hydrogen) atoms.